The van der Waals surface area contributed by atoms with E-state index in [2.05, 4.69) is 20.8 Å². The van der Waals surface area contributed by atoms with E-state index in [1.807, 2.05) is 13.8 Å². The van der Waals surface area contributed by atoms with Crippen LogP contribution in [-0.2, 0) is 0 Å². The molecule has 0 radical (unpaired) electrons. The first-order valence-electron chi connectivity index (χ1n) is 4.63. The fourth-order valence-corrected chi connectivity index (χ4v) is 1.58. The quantitative estimate of drug-likeness (QED) is 0.770. The molecule has 0 aromatic carbocycles. The van der Waals surface area contributed by atoms with Gasteiger partial charge < -0.3 is 10.6 Å². The van der Waals surface area contributed by atoms with Gasteiger partial charge in [0.15, 0.2) is 0 Å². The predicted octanol–water partition coefficient (Wildman–Crippen LogP) is 1.11. The largest absolute Gasteiger partial charge is 0.360 e. The Kier molecular flexibility index (Phi) is 4.31. The second kappa shape index (κ2) is 5.54. The summed E-state index contributed by atoms with van der Waals surface area (Å²) in [6.07, 6.45) is 0.921. The standard InChI is InChI=1S/C8H14N4OS/c1-3-5-10-6(13)7-11-12-8(14-7)9-4-2/h3-5H2,1-2H3,(H,9,12)(H,10,13). The second-order valence-electron chi connectivity index (χ2n) is 2.70. The summed E-state index contributed by atoms with van der Waals surface area (Å²) in [5, 5.41) is 14.5. The highest BCUT2D eigenvalue weighted by Crippen LogP contribution is 2.14. The van der Waals surface area contributed by atoms with Crippen LogP contribution in [0.25, 0.3) is 0 Å². The highest BCUT2D eigenvalue weighted by molar-refractivity contribution is 7.17. The summed E-state index contributed by atoms with van der Waals surface area (Å²) >= 11 is 1.27. The third-order valence-corrected chi connectivity index (χ3v) is 2.36. The van der Waals surface area contributed by atoms with E-state index in [1.54, 1.807) is 0 Å². The van der Waals surface area contributed by atoms with Crippen LogP contribution in [0, 0.1) is 0 Å². The highest BCUT2D eigenvalue weighted by Gasteiger charge is 2.10. The van der Waals surface area contributed by atoms with Crippen molar-refractivity contribution >= 4 is 22.4 Å². The van der Waals surface area contributed by atoms with Gasteiger partial charge in [0.05, 0.1) is 0 Å². The third-order valence-electron chi connectivity index (χ3n) is 1.48. The first-order valence-corrected chi connectivity index (χ1v) is 5.45. The van der Waals surface area contributed by atoms with Crippen LogP contribution in [0.15, 0.2) is 0 Å². The van der Waals surface area contributed by atoms with Crippen molar-refractivity contribution in [3.05, 3.63) is 5.01 Å². The first kappa shape index (κ1) is 10.9. The molecule has 2 N–H and O–H groups in total. The van der Waals surface area contributed by atoms with Gasteiger partial charge >= 0.3 is 0 Å². The highest BCUT2D eigenvalue weighted by atomic mass is 32.1. The lowest BCUT2D eigenvalue weighted by atomic mass is 10.5. The van der Waals surface area contributed by atoms with E-state index < -0.39 is 0 Å². The summed E-state index contributed by atoms with van der Waals surface area (Å²) in [5.41, 5.74) is 0. The Balaban J connectivity index is 2.53. The molecule has 0 spiro atoms. The van der Waals surface area contributed by atoms with Gasteiger partial charge in [-0.3, -0.25) is 4.79 Å². The molecule has 14 heavy (non-hydrogen) atoms. The van der Waals surface area contributed by atoms with Crippen molar-refractivity contribution in [3.63, 3.8) is 0 Å². The minimum absolute atomic E-state index is 0.145. The van der Waals surface area contributed by atoms with Gasteiger partial charge in [0.25, 0.3) is 5.91 Å². The normalized spacial score (nSPS) is 9.86. The summed E-state index contributed by atoms with van der Waals surface area (Å²) < 4.78 is 0. The van der Waals surface area contributed by atoms with Crippen LogP contribution in [0.5, 0.6) is 0 Å². The van der Waals surface area contributed by atoms with Crippen LogP contribution in [-0.4, -0.2) is 29.2 Å². The smallest absolute Gasteiger partial charge is 0.282 e. The molecule has 1 aromatic heterocycles. The molecule has 0 saturated carbocycles. The number of carbonyl (C=O) groups is 1. The van der Waals surface area contributed by atoms with Crippen LogP contribution in [0.2, 0.25) is 0 Å². The van der Waals surface area contributed by atoms with E-state index in [0.29, 0.717) is 16.7 Å². The fourth-order valence-electron chi connectivity index (χ4n) is 0.852. The lowest BCUT2D eigenvalue weighted by molar-refractivity contribution is 0.0952. The Morgan fingerprint density at radius 1 is 1.43 bits per heavy atom. The summed E-state index contributed by atoms with van der Waals surface area (Å²) in [5.74, 6) is -0.145. The summed E-state index contributed by atoms with van der Waals surface area (Å²) in [4.78, 5) is 11.4. The van der Waals surface area contributed by atoms with Crippen molar-refractivity contribution in [2.45, 2.75) is 20.3 Å². The molecule has 6 heteroatoms. The molecule has 0 aliphatic carbocycles. The summed E-state index contributed by atoms with van der Waals surface area (Å²) in [7, 11) is 0. The SMILES string of the molecule is CCCNC(=O)c1nnc(NCC)s1. The molecule has 0 atom stereocenters. The second-order valence-corrected chi connectivity index (χ2v) is 3.68. The van der Waals surface area contributed by atoms with E-state index in [-0.39, 0.29) is 5.91 Å². The Labute approximate surface area is 86.9 Å². The van der Waals surface area contributed by atoms with Crippen LogP contribution in [0.3, 0.4) is 0 Å². The van der Waals surface area contributed by atoms with Gasteiger partial charge in [0, 0.05) is 13.1 Å². The van der Waals surface area contributed by atoms with Gasteiger partial charge in [-0.1, -0.05) is 18.3 Å². The van der Waals surface area contributed by atoms with Crippen molar-refractivity contribution in [1.82, 2.24) is 15.5 Å². The molecular weight excluding hydrogens is 200 g/mol. The van der Waals surface area contributed by atoms with E-state index in [1.165, 1.54) is 11.3 Å². The van der Waals surface area contributed by atoms with Crippen molar-refractivity contribution in [3.8, 4) is 0 Å². The fraction of sp³-hybridized carbons (Fsp3) is 0.625. The van der Waals surface area contributed by atoms with E-state index in [4.69, 9.17) is 0 Å². The van der Waals surface area contributed by atoms with E-state index >= 15 is 0 Å². The molecule has 0 unspecified atom stereocenters. The van der Waals surface area contributed by atoms with Crippen molar-refractivity contribution in [2.75, 3.05) is 18.4 Å². The zero-order chi connectivity index (χ0) is 10.4. The number of aromatic nitrogens is 2. The number of hydrogen-bond donors (Lipinski definition) is 2. The minimum Gasteiger partial charge on any atom is -0.360 e. The van der Waals surface area contributed by atoms with Gasteiger partial charge in [-0.25, -0.2) is 0 Å². The Morgan fingerprint density at radius 3 is 2.86 bits per heavy atom. The lowest BCUT2D eigenvalue weighted by Gasteiger charge is -1.97. The molecule has 1 rings (SSSR count). The molecule has 1 heterocycles. The topological polar surface area (TPSA) is 66.9 Å². The van der Waals surface area contributed by atoms with E-state index in [9.17, 15) is 4.79 Å². The molecule has 0 saturated heterocycles. The lowest BCUT2D eigenvalue weighted by Crippen LogP contribution is -2.23. The maximum atomic E-state index is 11.4. The number of hydrogen-bond acceptors (Lipinski definition) is 5. The predicted molar refractivity (Wildman–Crippen MR) is 56.7 cm³/mol. The summed E-state index contributed by atoms with van der Waals surface area (Å²) in [6, 6.07) is 0. The molecule has 1 aromatic rings. The van der Waals surface area contributed by atoms with Crippen LogP contribution in [0.4, 0.5) is 5.13 Å². The van der Waals surface area contributed by atoms with Gasteiger partial charge in [0.2, 0.25) is 10.1 Å². The number of anilines is 1. The Morgan fingerprint density at radius 2 is 2.21 bits per heavy atom. The van der Waals surface area contributed by atoms with Gasteiger partial charge in [0.1, 0.15) is 0 Å². The van der Waals surface area contributed by atoms with Gasteiger partial charge in [-0.2, -0.15) is 0 Å². The third kappa shape index (κ3) is 2.95. The minimum atomic E-state index is -0.145. The molecule has 0 fully saturated rings. The maximum absolute atomic E-state index is 11.4. The zero-order valence-corrected chi connectivity index (χ0v) is 9.15. The number of nitrogens with zero attached hydrogens (tertiary/aromatic N) is 2. The van der Waals surface area contributed by atoms with Crippen molar-refractivity contribution in [1.29, 1.82) is 0 Å². The van der Waals surface area contributed by atoms with Crippen molar-refractivity contribution < 1.29 is 4.79 Å². The van der Waals surface area contributed by atoms with Gasteiger partial charge in [-0.05, 0) is 13.3 Å². The summed E-state index contributed by atoms with van der Waals surface area (Å²) in [6.45, 7) is 5.43. The Bertz CT molecular complexity index is 299. The number of carbonyl (C=O) groups excluding carboxylic acids is 1. The monoisotopic (exact) mass is 214 g/mol. The Hall–Kier alpha value is -1.17. The number of rotatable bonds is 5. The van der Waals surface area contributed by atoms with Crippen LogP contribution in [0.1, 0.15) is 30.1 Å². The molecule has 0 aliphatic rings. The average Bonchev–Trinajstić information content (AvgIpc) is 2.63. The number of amides is 1. The average molecular weight is 214 g/mol. The molecule has 1 amide bonds. The zero-order valence-electron chi connectivity index (χ0n) is 8.33. The molecular formula is C8H14N4OS. The molecule has 0 bridgehead atoms. The van der Waals surface area contributed by atoms with Crippen LogP contribution >= 0.6 is 11.3 Å². The molecule has 0 aliphatic heterocycles. The first-order chi connectivity index (χ1) is 6.77. The molecule has 78 valence electrons. The maximum Gasteiger partial charge on any atom is 0.282 e. The number of nitrogens with one attached hydrogen (secondary N) is 2. The van der Waals surface area contributed by atoms with Crippen molar-refractivity contribution in [2.24, 2.45) is 0 Å². The molecule has 5 nitrogen and oxygen atoms in total. The van der Waals surface area contributed by atoms with E-state index in [0.717, 1.165) is 13.0 Å². The van der Waals surface area contributed by atoms with Crippen LogP contribution < -0.4 is 10.6 Å². The van der Waals surface area contributed by atoms with Gasteiger partial charge in [-0.15, -0.1) is 10.2 Å².